The average Bonchev–Trinajstić information content (AvgIpc) is 2.79. The Kier molecular flexibility index (Phi) is 6.85. The number of benzene rings is 2. The summed E-state index contributed by atoms with van der Waals surface area (Å²) in [6.45, 7) is 0.355. The first-order valence-electron chi connectivity index (χ1n) is 9.65. The van der Waals surface area contributed by atoms with Gasteiger partial charge in [-0.15, -0.1) is 0 Å². The van der Waals surface area contributed by atoms with Crippen molar-refractivity contribution in [1.29, 1.82) is 0 Å². The van der Waals surface area contributed by atoms with Crippen molar-refractivity contribution in [2.24, 2.45) is 0 Å². The van der Waals surface area contributed by atoms with Crippen molar-refractivity contribution in [2.45, 2.75) is 19.4 Å². The quantitative estimate of drug-likeness (QED) is 0.572. The summed E-state index contributed by atoms with van der Waals surface area (Å²) >= 11 is 0. The number of para-hydroxylation sites is 1. The van der Waals surface area contributed by atoms with Gasteiger partial charge in [-0.25, -0.2) is 4.68 Å². The van der Waals surface area contributed by atoms with E-state index in [0.717, 1.165) is 11.3 Å². The zero-order valence-corrected chi connectivity index (χ0v) is 17.4. The van der Waals surface area contributed by atoms with Crippen LogP contribution < -0.4 is 19.9 Å². The number of amides is 1. The number of carbonyl (C=O) groups is 1. The van der Waals surface area contributed by atoms with Gasteiger partial charge in [-0.3, -0.25) is 9.59 Å². The topological polar surface area (TPSA) is 73.7 Å². The van der Waals surface area contributed by atoms with E-state index in [0.29, 0.717) is 36.6 Å². The molecule has 2 aromatic carbocycles. The van der Waals surface area contributed by atoms with Crippen molar-refractivity contribution < 1.29 is 14.3 Å². The number of aryl methyl sites for hydroxylation is 1. The number of nitrogens with zero attached hydrogens (tertiary/aromatic N) is 3. The minimum absolute atomic E-state index is 0.00899. The summed E-state index contributed by atoms with van der Waals surface area (Å²) < 4.78 is 12.0. The maximum absolute atomic E-state index is 12.4. The lowest BCUT2D eigenvalue weighted by molar-refractivity contribution is -0.118. The lowest BCUT2D eigenvalue weighted by Crippen LogP contribution is -2.27. The maximum atomic E-state index is 12.4. The molecule has 0 radical (unpaired) electrons. The van der Waals surface area contributed by atoms with Crippen LogP contribution in [0.4, 0.5) is 5.69 Å². The van der Waals surface area contributed by atoms with Crippen molar-refractivity contribution >= 4 is 11.6 Å². The molecule has 0 fully saturated rings. The van der Waals surface area contributed by atoms with Gasteiger partial charge in [0.15, 0.2) is 11.5 Å². The van der Waals surface area contributed by atoms with Gasteiger partial charge in [0.25, 0.3) is 5.56 Å². The third-order valence-corrected chi connectivity index (χ3v) is 4.82. The van der Waals surface area contributed by atoms with E-state index >= 15 is 0 Å². The molecule has 3 rings (SSSR count). The second-order valence-corrected chi connectivity index (χ2v) is 6.74. The molecule has 7 nitrogen and oxygen atoms in total. The first-order chi connectivity index (χ1) is 14.5. The van der Waals surface area contributed by atoms with Crippen molar-refractivity contribution in [2.75, 3.05) is 26.2 Å². The molecule has 1 aromatic heterocycles. The number of hydrogen-bond donors (Lipinski definition) is 0. The van der Waals surface area contributed by atoms with Crippen LogP contribution in [0, 0.1) is 0 Å². The van der Waals surface area contributed by atoms with Gasteiger partial charge >= 0.3 is 0 Å². The number of carbonyl (C=O) groups excluding carboxylic acids is 1. The normalized spacial score (nSPS) is 10.5. The van der Waals surface area contributed by atoms with Crippen molar-refractivity contribution in [3.63, 3.8) is 0 Å². The molecular formula is C23H25N3O4. The summed E-state index contributed by atoms with van der Waals surface area (Å²) in [5, 5.41) is 4.46. The zero-order valence-electron chi connectivity index (χ0n) is 17.4. The third-order valence-electron chi connectivity index (χ3n) is 4.82. The van der Waals surface area contributed by atoms with E-state index in [4.69, 9.17) is 9.47 Å². The maximum Gasteiger partial charge on any atom is 0.266 e. The van der Waals surface area contributed by atoms with E-state index in [9.17, 15) is 9.59 Å². The fraction of sp³-hybridized carbons (Fsp3) is 0.261. The van der Waals surface area contributed by atoms with Crippen LogP contribution in [0.1, 0.15) is 12.8 Å². The second kappa shape index (κ2) is 9.73. The second-order valence-electron chi connectivity index (χ2n) is 6.74. The molecule has 0 saturated heterocycles. The molecule has 0 aliphatic heterocycles. The molecular weight excluding hydrogens is 382 g/mol. The SMILES string of the molecule is COc1ccc(-c2ccc(=O)n(CCCC(=O)N(C)c3ccccc3)n2)cc1OC. The Morgan fingerprint density at radius 2 is 1.73 bits per heavy atom. The van der Waals surface area contributed by atoms with Gasteiger partial charge < -0.3 is 14.4 Å². The van der Waals surface area contributed by atoms with E-state index in [1.54, 1.807) is 38.3 Å². The molecule has 0 atom stereocenters. The molecule has 156 valence electrons. The van der Waals surface area contributed by atoms with Crippen molar-refractivity contribution in [3.05, 3.63) is 71.0 Å². The Labute approximate surface area is 175 Å². The Hall–Kier alpha value is -3.61. The van der Waals surface area contributed by atoms with E-state index in [2.05, 4.69) is 5.10 Å². The van der Waals surface area contributed by atoms with E-state index in [1.165, 1.54) is 10.7 Å². The number of ether oxygens (including phenoxy) is 2. The van der Waals surface area contributed by atoms with Crippen LogP contribution in [0.15, 0.2) is 65.5 Å². The van der Waals surface area contributed by atoms with Gasteiger partial charge in [-0.1, -0.05) is 18.2 Å². The molecule has 0 aliphatic carbocycles. The van der Waals surface area contributed by atoms with E-state index in [-0.39, 0.29) is 11.5 Å². The molecule has 30 heavy (non-hydrogen) atoms. The summed E-state index contributed by atoms with van der Waals surface area (Å²) in [5.41, 5.74) is 2.08. The summed E-state index contributed by atoms with van der Waals surface area (Å²) in [4.78, 5) is 26.3. The monoisotopic (exact) mass is 407 g/mol. The highest BCUT2D eigenvalue weighted by atomic mass is 16.5. The molecule has 0 aliphatic rings. The van der Waals surface area contributed by atoms with Gasteiger partial charge in [-0.05, 0) is 42.8 Å². The predicted octanol–water partition coefficient (Wildman–Crippen LogP) is 3.37. The zero-order chi connectivity index (χ0) is 21.5. The number of aromatic nitrogens is 2. The Morgan fingerprint density at radius 3 is 2.43 bits per heavy atom. The van der Waals surface area contributed by atoms with Crippen LogP contribution in [-0.4, -0.2) is 37.0 Å². The third kappa shape index (κ3) is 4.86. The Balaban J connectivity index is 1.69. The highest BCUT2D eigenvalue weighted by Crippen LogP contribution is 2.31. The fourth-order valence-corrected chi connectivity index (χ4v) is 3.10. The first kappa shape index (κ1) is 21.1. The molecule has 0 unspecified atom stereocenters. The summed E-state index contributed by atoms with van der Waals surface area (Å²) in [6, 6.07) is 18.1. The van der Waals surface area contributed by atoms with E-state index in [1.807, 2.05) is 42.5 Å². The van der Waals surface area contributed by atoms with Gasteiger partial charge in [0, 0.05) is 37.3 Å². The van der Waals surface area contributed by atoms with Gasteiger partial charge in [0.2, 0.25) is 5.91 Å². The van der Waals surface area contributed by atoms with Crippen LogP contribution in [0.5, 0.6) is 11.5 Å². The fourth-order valence-electron chi connectivity index (χ4n) is 3.10. The molecule has 7 heteroatoms. The molecule has 0 saturated carbocycles. The smallest absolute Gasteiger partial charge is 0.266 e. The molecule has 3 aromatic rings. The predicted molar refractivity (Wildman–Crippen MR) is 116 cm³/mol. The van der Waals surface area contributed by atoms with Crippen LogP contribution in [0.3, 0.4) is 0 Å². The first-order valence-corrected chi connectivity index (χ1v) is 9.65. The molecule has 0 N–H and O–H groups in total. The number of methoxy groups -OCH3 is 2. The summed E-state index contributed by atoms with van der Waals surface area (Å²) in [5.74, 6) is 1.20. The molecule has 1 heterocycles. The van der Waals surface area contributed by atoms with Gasteiger partial charge in [0.05, 0.1) is 19.9 Å². The Morgan fingerprint density at radius 1 is 1.00 bits per heavy atom. The summed E-state index contributed by atoms with van der Waals surface area (Å²) in [7, 11) is 4.89. The lowest BCUT2D eigenvalue weighted by Gasteiger charge is -2.17. The number of anilines is 1. The number of rotatable bonds is 8. The van der Waals surface area contributed by atoms with Crippen LogP contribution in [0.2, 0.25) is 0 Å². The van der Waals surface area contributed by atoms with Gasteiger partial charge in [0.1, 0.15) is 0 Å². The highest BCUT2D eigenvalue weighted by Gasteiger charge is 2.12. The highest BCUT2D eigenvalue weighted by molar-refractivity contribution is 5.92. The van der Waals surface area contributed by atoms with Gasteiger partial charge in [-0.2, -0.15) is 5.10 Å². The average molecular weight is 407 g/mol. The largest absolute Gasteiger partial charge is 0.493 e. The van der Waals surface area contributed by atoms with Crippen molar-refractivity contribution in [3.8, 4) is 22.8 Å². The molecule has 0 spiro atoms. The van der Waals surface area contributed by atoms with E-state index < -0.39 is 0 Å². The van der Waals surface area contributed by atoms with Crippen LogP contribution >= 0.6 is 0 Å². The van der Waals surface area contributed by atoms with Crippen molar-refractivity contribution in [1.82, 2.24) is 9.78 Å². The lowest BCUT2D eigenvalue weighted by atomic mass is 10.1. The van der Waals surface area contributed by atoms with Crippen LogP contribution in [0.25, 0.3) is 11.3 Å². The van der Waals surface area contributed by atoms with Crippen LogP contribution in [-0.2, 0) is 11.3 Å². The molecule has 1 amide bonds. The number of hydrogen-bond acceptors (Lipinski definition) is 5. The molecule has 0 bridgehead atoms. The summed E-state index contributed by atoms with van der Waals surface area (Å²) in [6.07, 6.45) is 0.832. The minimum atomic E-state index is -0.205. The Bertz CT molecular complexity index is 1060. The minimum Gasteiger partial charge on any atom is -0.493 e. The standard InChI is InChI=1S/C23H25N3O4/c1-25(18-8-5-4-6-9-18)22(27)10-7-15-26-23(28)14-12-19(24-26)17-11-13-20(29-2)21(16-17)30-3/h4-6,8-9,11-14,16H,7,10,15H2,1-3H3.